The molecular formula is C10H9N7O4. The Bertz CT molecular complexity index is 737. The molecule has 11 heteroatoms. The molecule has 11 nitrogen and oxygen atoms in total. The lowest BCUT2D eigenvalue weighted by molar-refractivity contribution is -0.384. The average molecular weight is 291 g/mol. The molecule has 0 atom stereocenters. The van der Waals surface area contributed by atoms with Crippen LogP contribution < -0.4 is 11.5 Å². The van der Waals surface area contributed by atoms with Gasteiger partial charge in [-0.2, -0.15) is 5.10 Å². The van der Waals surface area contributed by atoms with Gasteiger partial charge in [-0.1, -0.05) is 0 Å². The van der Waals surface area contributed by atoms with Crippen molar-refractivity contribution in [3.8, 4) is 5.75 Å². The van der Waals surface area contributed by atoms with Crippen LogP contribution in [-0.4, -0.2) is 32.4 Å². The van der Waals surface area contributed by atoms with Gasteiger partial charge in [0.2, 0.25) is 0 Å². The Morgan fingerprint density at radius 1 is 1.48 bits per heavy atom. The normalized spacial score (nSPS) is 11.9. The first kappa shape index (κ1) is 13.9. The van der Waals surface area contributed by atoms with E-state index in [1.54, 1.807) is 0 Å². The summed E-state index contributed by atoms with van der Waals surface area (Å²) in [5, 5.41) is 34.1. The topological polar surface area (TPSA) is 179 Å². The largest absolute Gasteiger partial charge is 0.507 e. The lowest BCUT2D eigenvalue weighted by atomic mass is 10.2. The lowest BCUT2D eigenvalue weighted by Crippen LogP contribution is -2.15. The number of nitrogen functional groups attached to an aromatic ring is 1. The Morgan fingerprint density at radius 3 is 2.86 bits per heavy atom. The maximum atomic E-state index is 10.6. The van der Waals surface area contributed by atoms with Gasteiger partial charge in [0, 0.05) is 17.7 Å². The fraction of sp³-hybridized carbons (Fsp3) is 0. The van der Waals surface area contributed by atoms with Gasteiger partial charge in [-0.05, 0) is 16.4 Å². The minimum Gasteiger partial charge on any atom is -0.507 e. The Balaban J connectivity index is 2.24. The second-order valence-electron chi connectivity index (χ2n) is 3.73. The molecule has 1 aromatic heterocycles. The summed E-state index contributed by atoms with van der Waals surface area (Å²) >= 11 is 0. The van der Waals surface area contributed by atoms with Crippen molar-refractivity contribution < 1.29 is 14.7 Å². The summed E-state index contributed by atoms with van der Waals surface area (Å²) in [6.45, 7) is 0. The van der Waals surface area contributed by atoms with Crippen molar-refractivity contribution in [1.29, 1.82) is 0 Å². The molecule has 0 radical (unpaired) electrons. The highest BCUT2D eigenvalue weighted by Crippen LogP contribution is 2.21. The van der Waals surface area contributed by atoms with E-state index >= 15 is 0 Å². The number of phenols is 1. The van der Waals surface area contributed by atoms with Crippen molar-refractivity contribution in [2.75, 3.05) is 5.73 Å². The Morgan fingerprint density at radius 2 is 2.24 bits per heavy atom. The molecule has 2 rings (SSSR count). The monoisotopic (exact) mass is 291 g/mol. The molecule has 1 heterocycles. The minimum atomic E-state index is -0.601. The fourth-order valence-corrected chi connectivity index (χ4v) is 1.33. The molecule has 1 aromatic carbocycles. The number of nitrogens with two attached hydrogens (primary N) is 2. The number of non-ortho nitro benzene ring substituents is 1. The number of anilines is 1. The molecule has 0 spiro atoms. The van der Waals surface area contributed by atoms with E-state index in [9.17, 15) is 15.2 Å². The molecule has 108 valence electrons. The van der Waals surface area contributed by atoms with Crippen molar-refractivity contribution in [3.63, 3.8) is 0 Å². The Kier molecular flexibility index (Phi) is 3.74. The summed E-state index contributed by atoms with van der Waals surface area (Å²) in [6, 6.07) is 3.47. The third kappa shape index (κ3) is 3.09. The average Bonchev–Trinajstić information content (AvgIpc) is 2.86. The van der Waals surface area contributed by atoms with E-state index in [4.69, 9.17) is 11.5 Å². The van der Waals surface area contributed by atoms with Gasteiger partial charge in [0.15, 0.2) is 17.3 Å². The summed E-state index contributed by atoms with van der Waals surface area (Å²) in [6.07, 6.45) is 1.10. The standard InChI is InChI=1S/C10H9N7O4/c11-9(8-10(12)16-21-15-8)14-13-4-5-3-6(17(19)20)1-2-7(5)18/h1-4,18H,(H2,11,14)(H2,12,16). The molecule has 21 heavy (non-hydrogen) atoms. The van der Waals surface area contributed by atoms with Crippen LogP contribution in [0.5, 0.6) is 5.75 Å². The number of nitro groups is 1. The maximum Gasteiger partial charge on any atom is 0.270 e. The van der Waals surface area contributed by atoms with Crippen LogP contribution in [0.3, 0.4) is 0 Å². The first-order valence-electron chi connectivity index (χ1n) is 5.41. The van der Waals surface area contributed by atoms with Gasteiger partial charge >= 0.3 is 0 Å². The summed E-state index contributed by atoms with van der Waals surface area (Å²) in [5.41, 5.74) is 10.9. The number of aromatic nitrogens is 2. The molecule has 5 N–H and O–H groups in total. The number of benzene rings is 1. The number of hydrogen-bond acceptors (Lipinski definition) is 9. The van der Waals surface area contributed by atoms with Gasteiger partial charge in [-0.15, -0.1) is 5.10 Å². The highest BCUT2D eigenvalue weighted by molar-refractivity contribution is 5.99. The van der Waals surface area contributed by atoms with Crippen molar-refractivity contribution >= 4 is 23.6 Å². The van der Waals surface area contributed by atoms with E-state index in [0.29, 0.717) is 0 Å². The summed E-state index contributed by atoms with van der Waals surface area (Å²) < 4.78 is 4.34. The second kappa shape index (κ2) is 5.64. The van der Waals surface area contributed by atoms with Crippen LogP contribution in [-0.2, 0) is 0 Å². The maximum absolute atomic E-state index is 10.6. The highest BCUT2D eigenvalue weighted by atomic mass is 16.6. The first-order valence-corrected chi connectivity index (χ1v) is 5.41. The Hall–Kier alpha value is -3.50. The molecule has 0 fully saturated rings. The van der Waals surface area contributed by atoms with Crippen molar-refractivity contribution in [2.24, 2.45) is 15.9 Å². The number of hydrogen-bond donors (Lipinski definition) is 3. The third-order valence-electron chi connectivity index (χ3n) is 2.34. The molecule has 0 unspecified atom stereocenters. The molecule has 0 amide bonds. The number of nitro benzene ring substituents is 1. The molecule has 0 aliphatic carbocycles. The van der Waals surface area contributed by atoms with Gasteiger partial charge in [0.1, 0.15) is 5.75 Å². The van der Waals surface area contributed by atoms with E-state index in [-0.39, 0.29) is 34.3 Å². The number of amidine groups is 1. The minimum absolute atomic E-state index is 0.0235. The zero-order valence-electron chi connectivity index (χ0n) is 10.4. The van der Waals surface area contributed by atoms with Crippen molar-refractivity contribution in [3.05, 3.63) is 39.6 Å². The summed E-state index contributed by atoms with van der Waals surface area (Å²) in [7, 11) is 0. The molecule has 0 aliphatic heterocycles. The molecular weight excluding hydrogens is 282 g/mol. The highest BCUT2D eigenvalue weighted by Gasteiger charge is 2.11. The quantitative estimate of drug-likeness (QED) is 0.304. The molecule has 0 saturated heterocycles. The predicted octanol–water partition coefficient (Wildman–Crippen LogP) is 0.00500. The van der Waals surface area contributed by atoms with E-state index in [1.165, 1.54) is 6.07 Å². The smallest absolute Gasteiger partial charge is 0.270 e. The molecule has 0 bridgehead atoms. The van der Waals surface area contributed by atoms with Crippen LogP contribution in [0.25, 0.3) is 0 Å². The van der Waals surface area contributed by atoms with Crippen LogP contribution >= 0.6 is 0 Å². The number of aromatic hydroxyl groups is 1. The van der Waals surface area contributed by atoms with Crippen LogP contribution in [0, 0.1) is 10.1 Å². The van der Waals surface area contributed by atoms with Gasteiger partial charge in [0.05, 0.1) is 11.1 Å². The van der Waals surface area contributed by atoms with Crippen LogP contribution in [0.2, 0.25) is 0 Å². The van der Waals surface area contributed by atoms with Gasteiger partial charge in [-0.25, -0.2) is 4.63 Å². The van der Waals surface area contributed by atoms with E-state index < -0.39 is 4.92 Å². The van der Waals surface area contributed by atoms with E-state index in [0.717, 1.165) is 18.3 Å². The molecule has 0 saturated carbocycles. The zero-order valence-corrected chi connectivity index (χ0v) is 10.4. The van der Waals surface area contributed by atoms with Gasteiger partial charge < -0.3 is 16.6 Å². The fourth-order valence-electron chi connectivity index (χ4n) is 1.33. The van der Waals surface area contributed by atoms with Crippen molar-refractivity contribution in [2.45, 2.75) is 0 Å². The summed E-state index contributed by atoms with van der Waals surface area (Å²) in [5.74, 6) is -0.402. The zero-order chi connectivity index (χ0) is 15.4. The SMILES string of the molecule is N/C(=N\N=Cc1cc([N+](=O)[O-])ccc1O)c1nonc1N. The van der Waals surface area contributed by atoms with Crippen LogP contribution in [0.1, 0.15) is 11.3 Å². The van der Waals surface area contributed by atoms with Crippen LogP contribution in [0.4, 0.5) is 11.5 Å². The molecule has 2 aromatic rings. The third-order valence-corrected chi connectivity index (χ3v) is 2.34. The number of phenolic OH excluding ortho intramolecular Hbond substituents is 1. The van der Waals surface area contributed by atoms with Crippen LogP contribution in [0.15, 0.2) is 33.0 Å². The lowest BCUT2D eigenvalue weighted by Gasteiger charge is -1.97. The predicted molar refractivity (Wildman–Crippen MR) is 71.8 cm³/mol. The van der Waals surface area contributed by atoms with E-state index in [1.807, 2.05) is 0 Å². The number of rotatable bonds is 4. The second-order valence-corrected chi connectivity index (χ2v) is 3.73. The molecule has 0 aliphatic rings. The Labute approximate surface area is 116 Å². The van der Waals surface area contributed by atoms with Gasteiger partial charge in [0.25, 0.3) is 5.69 Å². The van der Waals surface area contributed by atoms with E-state index in [2.05, 4.69) is 25.1 Å². The first-order chi connectivity index (χ1) is 9.99. The van der Waals surface area contributed by atoms with Crippen molar-refractivity contribution in [1.82, 2.24) is 10.3 Å². The number of nitrogens with zero attached hydrogens (tertiary/aromatic N) is 5. The summed E-state index contributed by atoms with van der Waals surface area (Å²) in [4.78, 5) is 10.0. The van der Waals surface area contributed by atoms with Gasteiger partial charge in [-0.3, -0.25) is 10.1 Å².